The Morgan fingerprint density at radius 1 is 0.698 bits per heavy atom. The lowest BCUT2D eigenvalue weighted by atomic mass is 9.91. The van der Waals surface area contributed by atoms with Gasteiger partial charge in [-0.2, -0.15) is 0 Å². The van der Waals surface area contributed by atoms with E-state index in [0.29, 0.717) is 24.0 Å². The molecule has 0 aromatic rings. The molecule has 2 N–H and O–H groups in total. The van der Waals surface area contributed by atoms with Gasteiger partial charge in [-0.25, -0.2) is 4.79 Å². The number of rotatable bonds is 8. The minimum atomic E-state index is -0.620. The molecule has 0 unspecified atom stereocenters. The predicted molar refractivity (Wildman–Crippen MR) is 172 cm³/mol. The summed E-state index contributed by atoms with van der Waals surface area (Å²) in [5.74, 6) is -0.591. The van der Waals surface area contributed by atoms with Crippen molar-refractivity contribution in [2.75, 3.05) is 78.7 Å². The number of hydrogen-bond acceptors (Lipinski definition) is 8. The Labute approximate surface area is 262 Å². The summed E-state index contributed by atoms with van der Waals surface area (Å²) in [6.45, 7) is 27.7. The largest absolute Gasteiger partial charge is 0.481 e. The number of hydrogen-bond donors (Lipinski definition) is 2. The first-order chi connectivity index (χ1) is 20.1. The van der Waals surface area contributed by atoms with E-state index in [2.05, 4.69) is 56.7 Å². The van der Waals surface area contributed by atoms with Gasteiger partial charge in [-0.1, -0.05) is 41.5 Å². The summed E-state index contributed by atoms with van der Waals surface area (Å²) in [7, 11) is 0. The fourth-order valence-corrected chi connectivity index (χ4v) is 5.08. The molecule has 1 amide bonds. The number of likely N-dealkylation sites (tertiary alicyclic amines) is 1. The number of piperazine rings is 1. The van der Waals surface area contributed by atoms with E-state index in [4.69, 9.17) is 14.6 Å². The van der Waals surface area contributed by atoms with Crippen LogP contribution in [0.15, 0.2) is 0 Å². The molecule has 0 radical (unpaired) electrons. The molecule has 3 rings (SSSR count). The van der Waals surface area contributed by atoms with Crippen molar-refractivity contribution < 1.29 is 29.0 Å². The van der Waals surface area contributed by atoms with Gasteiger partial charge in [0.05, 0.1) is 25.0 Å². The number of nitrogens with one attached hydrogen (secondary N) is 1. The zero-order chi connectivity index (χ0) is 32.5. The van der Waals surface area contributed by atoms with Gasteiger partial charge in [-0.05, 0) is 102 Å². The molecule has 0 saturated carbocycles. The van der Waals surface area contributed by atoms with Crippen LogP contribution >= 0.6 is 0 Å². The molecule has 3 saturated heterocycles. The van der Waals surface area contributed by atoms with Crippen LogP contribution in [-0.2, 0) is 19.1 Å². The van der Waals surface area contributed by atoms with E-state index in [-0.39, 0.29) is 23.9 Å². The third-order valence-electron chi connectivity index (χ3n) is 8.15. The molecular formula is C33H64N4O6. The zero-order valence-corrected chi connectivity index (χ0v) is 28.7. The number of carbonyl (C=O) groups excluding carboxylic acids is 2. The molecule has 10 nitrogen and oxygen atoms in total. The number of carboxylic acid groups (broad SMARTS) is 1. The van der Waals surface area contributed by atoms with E-state index in [1.807, 2.05) is 13.8 Å². The van der Waals surface area contributed by atoms with Crippen molar-refractivity contribution in [1.82, 2.24) is 20.0 Å². The normalized spacial score (nSPS) is 19.4. The van der Waals surface area contributed by atoms with Gasteiger partial charge in [0.2, 0.25) is 0 Å². The smallest absolute Gasteiger partial charge is 0.409 e. The lowest BCUT2D eigenvalue weighted by Gasteiger charge is -2.35. The Hall–Kier alpha value is -1.91. The zero-order valence-electron chi connectivity index (χ0n) is 28.7. The molecule has 0 spiro atoms. The third-order valence-corrected chi connectivity index (χ3v) is 8.15. The lowest BCUT2D eigenvalue weighted by Crippen LogP contribution is -2.49. The molecule has 0 aromatic heterocycles. The Balaban J connectivity index is 0.000000330. The van der Waals surface area contributed by atoms with E-state index in [0.717, 1.165) is 91.1 Å². The van der Waals surface area contributed by atoms with Crippen LogP contribution in [0.3, 0.4) is 0 Å². The molecule has 10 heteroatoms. The summed E-state index contributed by atoms with van der Waals surface area (Å²) < 4.78 is 9.91. The van der Waals surface area contributed by atoms with E-state index in [1.54, 1.807) is 4.90 Å². The van der Waals surface area contributed by atoms with E-state index in [1.165, 1.54) is 12.8 Å². The predicted octanol–water partition coefficient (Wildman–Crippen LogP) is 4.97. The summed E-state index contributed by atoms with van der Waals surface area (Å²) in [4.78, 5) is 40.0. The quantitative estimate of drug-likeness (QED) is 0.367. The van der Waals surface area contributed by atoms with E-state index in [9.17, 15) is 14.4 Å². The van der Waals surface area contributed by atoms with Crippen LogP contribution in [0.4, 0.5) is 4.79 Å². The second-order valence-electron chi connectivity index (χ2n) is 14.4. The van der Waals surface area contributed by atoms with Gasteiger partial charge >= 0.3 is 18.0 Å². The van der Waals surface area contributed by atoms with Gasteiger partial charge in [0.15, 0.2) is 0 Å². The van der Waals surface area contributed by atoms with Crippen LogP contribution in [0.5, 0.6) is 0 Å². The highest BCUT2D eigenvalue weighted by Crippen LogP contribution is 2.22. The van der Waals surface area contributed by atoms with Crippen molar-refractivity contribution in [3.8, 4) is 0 Å². The second kappa shape index (κ2) is 20.2. The summed E-state index contributed by atoms with van der Waals surface area (Å²) >= 11 is 0. The Bertz CT molecular complexity index is 788. The first kappa shape index (κ1) is 39.1. The van der Waals surface area contributed by atoms with Gasteiger partial charge < -0.3 is 29.7 Å². The van der Waals surface area contributed by atoms with Gasteiger partial charge in [0.25, 0.3) is 0 Å². The molecule has 252 valence electrons. The number of carbonyl (C=O) groups is 3. The molecule has 0 aromatic carbocycles. The summed E-state index contributed by atoms with van der Waals surface area (Å²) in [6.07, 6.45) is 5.72. The molecule has 0 atom stereocenters. The number of ether oxygens (including phenoxy) is 2. The van der Waals surface area contributed by atoms with Gasteiger partial charge in [-0.15, -0.1) is 0 Å². The minimum Gasteiger partial charge on any atom is -0.481 e. The molecule has 0 bridgehead atoms. The second-order valence-corrected chi connectivity index (χ2v) is 14.4. The molecule has 3 fully saturated rings. The fraction of sp³-hybridized carbons (Fsp3) is 0.909. The first-order valence-electron chi connectivity index (χ1n) is 16.6. The average Bonchev–Trinajstić information content (AvgIpc) is 2.96. The van der Waals surface area contributed by atoms with Crippen molar-refractivity contribution in [2.45, 2.75) is 93.9 Å². The van der Waals surface area contributed by atoms with Crippen molar-refractivity contribution in [1.29, 1.82) is 0 Å². The Kier molecular flexibility index (Phi) is 18.4. The van der Waals surface area contributed by atoms with Crippen LogP contribution in [0, 0.1) is 22.7 Å². The Morgan fingerprint density at radius 3 is 1.58 bits per heavy atom. The number of amides is 1. The van der Waals surface area contributed by atoms with Crippen LogP contribution in [0.2, 0.25) is 0 Å². The molecule has 3 aliphatic rings. The fourth-order valence-electron chi connectivity index (χ4n) is 5.08. The number of piperidine rings is 2. The number of carboxylic acids is 1. The van der Waals surface area contributed by atoms with Gasteiger partial charge in [0.1, 0.15) is 0 Å². The van der Waals surface area contributed by atoms with Crippen LogP contribution in [0.1, 0.15) is 93.9 Å². The standard InChI is InChI=1S/C13H26N2O2.C12H23NO2.C8H15NO2/c1-5-17-12(16)15-10-8-14(9-11-15)7-6-13(2,3)4;1-12(2,3)6-9-13-7-4-10(5-8-13)11(14)15;1-2-11-8(10)7-3-5-9-6-4-7/h5-11H2,1-4H3;10H,4-9H2,1-3H3,(H,14,15);7,9H,2-6H2,1H3. The van der Waals surface area contributed by atoms with E-state index < -0.39 is 5.97 Å². The van der Waals surface area contributed by atoms with Crippen molar-refractivity contribution in [3.05, 3.63) is 0 Å². The topological polar surface area (TPSA) is 112 Å². The van der Waals surface area contributed by atoms with Crippen LogP contribution < -0.4 is 5.32 Å². The maximum atomic E-state index is 11.5. The van der Waals surface area contributed by atoms with Gasteiger partial charge in [0, 0.05) is 26.2 Å². The highest BCUT2D eigenvalue weighted by Gasteiger charge is 2.25. The Morgan fingerprint density at radius 2 is 1.16 bits per heavy atom. The minimum absolute atomic E-state index is 0.0194. The van der Waals surface area contributed by atoms with E-state index >= 15 is 0 Å². The monoisotopic (exact) mass is 612 g/mol. The maximum absolute atomic E-state index is 11.5. The highest BCUT2D eigenvalue weighted by molar-refractivity contribution is 5.72. The maximum Gasteiger partial charge on any atom is 0.409 e. The number of esters is 1. The highest BCUT2D eigenvalue weighted by atomic mass is 16.6. The van der Waals surface area contributed by atoms with Crippen LogP contribution in [-0.4, -0.2) is 116 Å². The molecule has 43 heavy (non-hydrogen) atoms. The summed E-state index contributed by atoms with van der Waals surface area (Å²) in [5, 5.41) is 12.1. The molecule has 3 aliphatic heterocycles. The summed E-state index contributed by atoms with van der Waals surface area (Å²) in [6, 6.07) is 0. The average molecular weight is 613 g/mol. The lowest BCUT2D eigenvalue weighted by molar-refractivity contribution is -0.149. The molecule has 3 heterocycles. The molecule has 0 aliphatic carbocycles. The number of nitrogens with zero attached hydrogens (tertiary/aromatic N) is 3. The van der Waals surface area contributed by atoms with Crippen molar-refractivity contribution in [2.24, 2.45) is 22.7 Å². The van der Waals surface area contributed by atoms with Crippen LogP contribution in [0.25, 0.3) is 0 Å². The SMILES string of the molecule is CC(C)(C)CCN1CCC(C(=O)O)CC1.CCOC(=O)C1CCNCC1.CCOC(=O)N1CCN(CCC(C)(C)C)CC1. The summed E-state index contributed by atoms with van der Waals surface area (Å²) in [5.41, 5.74) is 0.766. The first-order valence-corrected chi connectivity index (χ1v) is 16.6. The van der Waals surface area contributed by atoms with Crippen molar-refractivity contribution >= 4 is 18.0 Å². The number of aliphatic carboxylic acids is 1. The van der Waals surface area contributed by atoms with Crippen molar-refractivity contribution in [3.63, 3.8) is 0 Å². The van der Waals surface area contributed by atoms with Gasteiger partial charge in [-0.3, -0.25) is 14.5 Å². The molecular weight excluding hydrogens is 548 g/mol. The third kappa shape index (κ3) is 18.5.